The van der Waals surface area contributed by atoms with E-state index in [1.54, 1.807) is 7.11 Å². The molecule has 5 nitrogen and oxygen atoms in total. The number of rotatable bonds is 3. The quantitative estimate of drug-likeness (QED) is 0.807. The van der Waals surface area contributed by atoms with Gasteiger partial charge in [0.15, 0.2) is 5.82 Å². The van der Waals surface area contributed by atoms with Crippen LogP contribution in [0.5, 0.6) is 5.75 Å². The molecule has 0 saturated carbocycles. The van der Waals surface area contributed by atoms with E-state index in [1.807, 2.05) is 24.3 Å². The highest BCUT2D eigenvalue weighted by atomic mass is 16.5. The maximum absolute atomic E-state index is 5.48. The minimum Gasteiger partial charge on any atom is -0.496 e. The predicted molar refractivity (Wildman–Crippen MR) is 56.5 cm³/mol. The van der Waals surface area contributed by atoms with Crippen LogP contribution in [0.4, 0.5) is 5.82 Å². The Labute approximate surface area is 87.5 Å². The van der Waals surface area contributed by atoms with Gasteiger partial charge < -0.3 is 10.5 Å². The normalized spacial score (nSPS) is 10.2. The van der Waals surface area contributed by atoms with E-state index in [-0.39, 0.29) is 0 Å². The highest BCUT2D eigenvalue weighted by Crippen LogP contribution is 2.17. The summed E-state index contributed by atoms with van der Waals surface area (Å²) in [5.41, 5.74) is 6.50. The lowest BCUT2D eigenvalue weighted by molar-refractivity contribution is 0.405. The van der Waals surface area contributed by atoms with Crippen LogP contribution in [-0.4, -0.2) is 22.1 Å². The first-order chi connectivity index (χ1) is 7.29. The molecule has 0 saturated heterocycles. The Morgan fingerprint density at radius 1 is 1.40 bits per heavy atom. The van der Waals surface area contributed by atoms with Crippen LogP contribution in [0.25, 0.3) is 0 Å². The molecule has 15 heavy (non-hydrogen) atoms. The number of hydrogen-bond acceptors (Lipinski definition) is 4. The maximum Gasteiger partial charge on any atom is 0.165 e. The van der Waals surface area contributed by atoms with Crippen molar-refractivity contribution in [1.82, 2.24) is 15.0 Å². The van der Waals surface area contributed by atoms with Gasteiger partial charge in [-0.15, -0.1) is 5.10 Å². The molecule has 0 aliphatic heterocycles. The molecule has 78 valence electrons. The monoisotopic (exact) mass is 204 g/mol. The summed E-state index contributed by atoms with van der Waals surface area (Å²) in [7, 11) is 1.64. The van der Waals surface area contributed by atoms with Gasteiger partial charge in [0.05, 0.1) is 19.9 Å². The van der Waals surface area contributed by atoms with Crippen LogP contribution in [0, 0.1) is 0 Å². The summed E-state index contributed by atoms with van der Waals surface area (Å²) in [6.07, 6.45) is 1.52. The van der Waals surface area contributed by atoms with Crippen molar-refractivity contribution >= 4 is 5.82 Å². The molecule has 1 aromatic heterocycles. The van der Waals surface area contributed by atoms with Gasteiger partial charge >= 0.3 is 0 Å². The number of aromatic nitrogens is 3. The van der Waals surface area contributed by atoms with E-state index in [2.05, 4.69) is 10.2 Å². The van der Waals surface area contributed by atoms with E-state index in [9.17, 15) is 0 Å². The summed E-state index contributed by atoms with van der Waals surface area (Å²) in [4.78, 5) is 1.53. The van der Waals surface area contributed by atoms with E-state index in [0.717, 1.165) is 11.3 Å². The van der Waals surface area contributed by atoms with E-state index in [1.165, 1.54) is 11.0 Å². The Morgan fingerprint density at radius 3 is 2.87 bits per heavy atom. The van der Waals surface area contributed by atoms with Crippen LogP contribution >= 0.6 is 0 Å². The molecule has 0 fully saturated rings. The second-order valence-electron chi connectivity index (χ2n) is 3.11. The van der Waals surface area contributed by atoms with Gasteiger partial charge in [-0.3, -0.25) is 0 Å². The number of anilines is 1. The summed E-state index contributed by atoms with van der Waals surface area (Å²) in [5, 5.41) is 8.02. The first-order valence-electron chi connectivity index (χ1n) is 4.57. The smallest absolute Gasteiger partial charge is 0.165 e. The molecule has 2 N–H and O–H groups in total. The van der Waals surface area contributed by atoms with Crippen LogP contribution in [0.2, 0.25) is 0 Å². The van der Waals surface area contributed by atoms with Crippen molar-refractivity contribution in [1.29, 1.82) is 0 Å². The van der Waals surface area contributed by atoms with Crippen LogP contribution in [0.15, 0.2) is 30.5 Å². The zero-order chi connectivity index (χ0) is 10.7. The Kier molecular flexibility index (Phi) is 2.53. The summed E-state index contributed by atoms with van der Waals surface area (Å²) >= 11 is 0. The highest BCUT2D eigenvalue weighted by Gasteiger charge is 2.03. The molecule has 2 rings (SSSR count). The summed E-state index contributed by atoms with van der Waals surface area (Å²) in [5.74, 6) is 1.25. The lowest BCUT2D eigenvalue weighted by atomic mass is 10.2. The van der Waals surface area contributed by atoms with Gasteiger partial charge in [-0.1, -0.05) is 18.2 Å². The molecular formula is C10H12N4O. The molecule has 0 radical (unpaired) electrons. The highest BCUT2D eigenvalue weighted by molar-refractivity contribution is 5.33. The first kappa shape index (κ1) is 9.51. The lowest BCUT2D eigenvalue weighted by Gasteiger charge is -2.06. The number of ether oxygens (including phenoxy) is 1. The van der Waals surface area contributed by atoms with Crippen molar-refractivity contribution in [3.05, 3.63) is 36.0 Å². The van der Waals surface area contributed by atoms with Gasteiger partial charge in [-0.2, -0.15) is 9.90 Å². The minimum absolute atomic E-state index is 0.421. The van der Waals surface area contributed by atoms with Crippen molar-refractivity contribution in [3.8, 4) is 5.75 Å². The predicted octanol–water partition coefficient (Wildman–Crippen LogP) is 0.917. The second kappa shape index (κ2) is 4.00. The Hall–Kier alpha value is -2.04. The SMILES string of the molecule is COc1ccccc1Cn1ncc(N)n1. The largest absolute Gasteiger partial charge is 0.496 e. The molecule has 1 aromatic carbocycles. The third kappa shape index (κ3) is 2.07. The van der Waals surface area contributed by atoms with Gasteiger partial charge in [0.2, 0.25) is 0 Å². The summed E-state index contributed by atoms with van der Waals surface area (Å²) < 4.78 is 5.22. The number of hydrogen-bond donors (Lipinski definition) is 1. The van der Waals surface area contributed by atoms with Crippen molar-refractivity contribution < 1.29 is 4.74 Å². The number of benzene rings is 1. The third-order valence-electron chi connectivity index (χ3n) is 2.06. The summed E-state index contributed by atoms with van der Waals surface area (Å²) in [6, 6.07) is 7.75. The van der Waals surface area contributed by atoms with Gasteiger partial charge in [-0.05, 0) is 6.07 Å². The fraction of sp³-hybridized carbons (Fsp3) is 0.200. The Balaban J connectivity index is 2.23. The molecule has 2 aromatic rings. The van der Waals surface area contributed by atoms with E-state index in [4.69, 9.17) is 10.5 Å². The van der Waals surface area contributed by atoms with Crippen LogP contribution < -0.4 is 10.5 Å². The minimum atomic E-state index is 0.421. The topological polar surface area (TPSA) is 66.0 Å². The lowest BCUT2D eigenvalue weighted by Crippen LogP contribution is -2.05. The van der Waals surface area contributed by atoms with E-state index >= 15 is 0 Å². The number of nitrogens with two attached hydrogens (primary N) is 1. The average Bonchev–Trinajstić information content (AvgIpc) is 2.65. The van der Waals surface area contributed by atoms with E-state index in [0.29, 0.717) is 12.4 Å². The fourth-order valence-corrected chi connectivity index (χ4v) is 1.37. The molecule has 0 bridgehead atoms. The molecule has 0 spiro atoms. The fourth-order valence-electron chi connectivity index (χ4n) is 1.37. The molecule has 5 heteroatoms. The Bertz CT molecular complexity index is 452. The van der Waals surface area contributed by atoms with Crippen LogP contribution in [0.3, 0.4) is 0 Å². The van der Waals surface area contributed by atoms with E-state index < -0.39 is 0 Å². The number of para-hydroxylation sites is 1. The summed E-state index contributed by atoms with van der Waals surface area (Å²) in [6.45, 7) is 0.557. The molecule has 0 aliphatic rings. The zero-order valence-corrected chi connectivity index (χ0v) is 8.42. The van der Waals surface area contributed by atoms with Gasteiger partial charge in [-0.25, -0.2) is 0 Å². The molecule has 1 heterocycles. The molecular weight excluding hydrogens is 192 g/mol. The van der Waals surface area contributed by atoms with Gasteiger partial charge in [0.25, 0.3) is 0 Å². The van der Waals surface area contributed by atoms with Crippen molar-refractivity contribution in [2.24, 2.45) is 0 Å². The number of nitrogen functional groups attached to an aromatic ring is 1. The van der Waals surface area contributed by atoms with Crippen molar-refractivity contribution in [2.45, 2.75) is 6.54 Å². The third-order valence-corrected chi connectivity index (χ3v) is 2.06. The zero-order valence-electron chi connectivity index (χ0n) is 8.42. The molecule has 0 atom stereocenters. The maximum atomic E-state index is 5.48. The van der Waals surface area contributed by atoms with Gasteiger partial charge in [0, 0.05) is 5.56 Å². The number of methoxy groups -OCH3 is 1. The van der Waals surface area contributed by atoms with Crippen LogP contribution in [-0.2, 0) is 6.54 Å². The van der Waals surface area contributed by atoms with Crippen molar-refractivity contribution in [3.63, 3.8) is 0 Å². The second-order valence-corrected chi connectivity index (χ2v) is 3.11. The van der Waals surface area contributed by atoms with Crippen molar-refractivity contribution in [2.75, 3.05) is 12.8 Å². The van der Waals surface area contributed by atoms with Crippen LogP contribution in [0.1, 0.15) is 5.56 Å². The molecule has 0 amide bonds. The molecule has 0 unspecified atom stereocenters. The van der Waals surface area contributed by atoms with Gasteiger partial charge in [0.1, 0.15) is 5.75 Å². The average molecular weight is 204 g/mol. The Morgan fingerprint density at radius 2 is 2.20 bits per heavy atom. The standard InChI is InChI=1S/C10H12N4O/c1-15-9-5-3-2-4-8(9)7-14-12-6-10(11)13-14/h2-6H,7H2,1H3,(H2,11,13). The number of nitrogens with zero attached hydrogens (tertiary/aromatic N) is 3. The molecule has 0 aliphatic carbocycles. The first-order valence-corrected chi connectivity index (χ1v) is 4.57.